The highest BCUT2D eigenvalue weighted by molar-refractivity contribution is 5.78. The molecule has 4 aromatic rings. The Balaban J connectivity index is 1.41. The quantitative estimate of drug-likeness (QED) is 0.282. The first-order valence-corrected chi connectivity index (χ1v) is 12.8. The summed E-state index contributed by atoms with van der Waals surface area (Å²) in [5.74, 6) is 0. The Morgan fingerprint density at radius 1 is 0.824 bits per heavy atom. The zero-order valence-corrected chi connectivity index (χ0v) is 20.2. The number of aromatic nitrogens is 2. The van der Waals surface area contributed by atoms with Gasteiger partial charge in [-0.05, 0) is 51.3 Å². The van der Waals surface area contributed by atoms with Crippen molar-refractivity contribution >= 4 is 0 Å². The van der Waals surface area contributed by atoms with Gasteiger partial charge >= 0.3 is 0 Å². The molecule has 1 fully saturated rings. The van der Waals surface area contributed by atoms with Crippen LogP contribution < -0.4 is 0 Å². The highest BCUT2D eigenvalue weighted by Crippen LogP contribution is 2.36. The molecule has 3 heteroatoms. The molecule has 3 nitrogen and oxygen atoms in total. The molecule has 3 aromatic carbocycles. The lowest BCUT2D eigenvalue weighted by Gasteiger charge is -2.40. The molecule has 5 rings (SSSR count). The van der Waals surface area contributed by atoms with Gasteiger partial charge in [0.2, 0.25) is 0 Å². The van der Waals surface area contributed by atoms with Gasteiger partial charge < -0.3 is 4.57 Å². The predicted octanol–water partition coefficient (Wildman–Crippen LogP) is 7.27. The number of piperidine rings is 1. The fraction of sp³-hybridized carbons (Fsp3) is 0.323. The van der Waals surface area contributed by atoms with Crippen LogP contribution in [0.4, 0.5) is 0 Å². The molecule has 0 bridgehead atoms. The zero-order valence-electron chi connectivity index (χ0n) is 20.2. The van der Waals surface area contributed by atoms with Gasteiger partial charge in [-0.15, -0.1) is 0 Å². The van der Waals surface area contributed by atoms with E-state index in [0.717, 1.165) is 18.7 Å². The van der Waals surface area contributed by atoms with Crippen LogP contribution in [0.5, 0.6) is 0 Å². The average molecular weight is 450 g/mol. The van der Waals surface area contributed by atoms with Crippen LogP contribution in [0, 0.1) is 0 Å². The Bertz CT molecular complexity index is 1150. The number of nitrogens with zero attached hydrogens (tertiary/aromatic N) is 3. The van der Waals surface area contributed by atoms with Gasteiger partial charge in [-0.1, -0.05) is 97.4 Å². The number of hydrogen-bond donors (Lipinski definition) is 0. The van der Waals surface area contributed by atoms with Crippen LogP contribution in [-0.4, -0.2) is 33.6 Å². The molecule has 174 valence electrons. The maximum Gasteiger partial charge on any atom is 0.0963 e. The lowest BCUT2D eigenvalue weighted by Crippen LogP contribution is -2.44. The van der Waals surface area contributed by atoms with Crippen LogP contribution in [0.2, 0.25) is 0 Å². The van der Waals surface area contributed by atoms with Crippen LogP contribution >= 0.6 is 0 Å². The van der Waals surface area contributed by atoms with Gasteiger partial charge in [0.15, 0.2) is 0 Å². The Morgan fingerprint density at radius 3 is 2.18 bits per heavy atom. The van der Waals surface area contributed by atoms with Crippen molar-refractivity contribution in [2.75, 3.05) is 13.1 Å². The van der Waals surface area contributed by atoms with E-state index in [1.165, 1.54) is 54.6 Å². The van der Waals surface area contributed by atoms with Crippen LogP contribution in [0.15, 0.2) is 97.3 Å². The van der Waals surface area contributed by atoms with E-state index in [1.807, 2.05) is 0 Å². The highest BCUT2D eigenvalue weighted by atomic mass is 15.2. The second-order valence-electron chi connectivity index (χ2n) is 9.51. The lowest BCUT2D eigenvalue weighted by molar-refractivity contribution is 0.108. The molecule has 1 aliphatic heterocycles. The average Bonchev–Trinajstić information content (AvgIpc) is 3.35. The first-order chi connectivity index (χ1) is 16.8. The monoisotopic (exact) mass is 449 g/mol. The van der Waals surface area contributed by atoms with Gasteiger partial charge in [-0.25, -0.2) is 4.98 Å². The normalized spacial score (nSPS) is 17.5. The van der Waals surface area contributed by atoms with Crippen LogP contribution in [-0.2, 0) is 6.42 Å². The van der Waals surface area contributed by atoms with E-state index in [1.54, 1.807) is 0 Å². The van der Waals surface area contributed by atoms with E-state index in [2.05, 4.69) is 114 Å². The van der Waals surface area contributed by atoms with Crippen molar-refractivity contribution in [1.29, 1.82) is 0 Å². The van der Waals surface area contributed by atoms with Crippen molar-refractivity contribution in [1.82, 2.24) is 14.5 Å². The minimum atomic E-state index is 0.359. The first-order valence-electron chi connectivity index (χ1n) is 12.8. The molecule has 2 atom stereocenters. The minimum Gasteiger partial charge on any atom is -0.326 e. The van der Waals surface area contributed by atoms with Gasteiger partial charge in [-0.3, -0.25) is 4.90 Å². The third-order valence-corrected chi connectivity index (χ3v) is 7.30. The van der Waals surface area contributed by atoms with Crippen molar-refractivity contribution in [2.24, 2.45) is 0 Å². The zero-order chi connectivity index (χ0) is 23.2. The molecule has 0 amide bonds. The van der Waals surface area contributed by atoms with E-state index >= 15 is 0 Å². The Morgan fingerprint density at radius 2 is 1.47 bits per heavy atom. The van der Waals surface area contributed by atoms with E-state index in [-0.39, 0.29) is 0 Å². The topological polar surface area (TPSA) is 21.1 Å². The summed E-state index contributed by atoms with van der Waals surface area (Å²) in [6.45, 7) is 4.75. The molecule has 1 aliphatic rings. The molecule has 2 unspecified atom stereocenters. The van der Waals surface area contributed by atoms with E-state index in [0.29, 0.717) is 12.1 Å². The molecule has 1 saturated heterocycles. The largest absolute Gasteiger partial charge is 0.326 e. The second-order valence-corrected chi connectivity index (χ2v) is 9.51. The lowest BCUT2D eigenvalue weighted by atomic mass is 9.94. The fourth-order valence-corrected chi connectivity index (χ4v) is 5.52. The Labute approximate surface area is 204 Å². The molecule has 0 aliphatic carbocycles. The van der Waals surface area contributed by atoms with Gasteiger partial charge in [0.05, 0.1) is 17.7 Å². The molecule has 0 N–H and O–H groups in total. The molecule has 0 spiro atoms. The number of likely N-dealkylation sites (tertiary alicyclic amines) is 1. The van der Waals surface area contributed by atoms with E-state index < -0.39 is 0 Å². The summed E-state index contributed by atoms with van der Waals surface area (Å²) in [6.07, 6.45) is 8.30. The number of imidazole rings is 1. The third-order valence-electron chi connectivity index (χ3n) is 7.30. The van der Waals surface area contributed by atoms with Crippen molar-refractivity contribution in [3.05, 3.63) is 103 Å². The maximum absolute atomic E-state index is 4.95. The highest BCUT2D eigenvalue weighted by Gasteiger charge is 2.30. The number of benzene rings is 3. The van der Waals surface area contributed by atoms with Gasteiger partial charge in [0, 0.05) is 23.2 Å². The van der Waals surface area contributed by atoms with Crippen LogP contribution in [0.25, 0.3) is 22.5 Å². The first kappa shape index (κ1) is 22.6. The molecule has 34 heavy (non-hydrogen) atoms. The third kappa shape index (κ3) is 5.00. The molecule has 1 aromatic heterocycles. The second kappa shape index (κ2) is 10.8. The summed E-state index contributed by atoms with van der Waals surface area (Å²) in [5.41, 5.74) is 6.16. The van der Waals surface area contributed by atoms with E-state index in [9.17, 15) is 0 Å². The van der Waals surface area contributed by atoms with Crippen LogP contribution in [0.1, 0.15) is 44.2 Å². The van der Waals surface area contributed by atoms with Crippen LogP contribution in [0.3, 0.4) is 0 Å². The number of hydrogen-bond acceptors (Lipinski definition) is 2. The number of rotatable bonds is 8. The summed E-state index contributed by atoms with van der Waals surface area (Å²) in [7, 11) is 0. The Hall–Kier alpha value is -3.17. The summed E-state index contributed by atoms with van der Waals surface area (Å²) in [4.78, 5) is 7.69. The predicted molar refractivity (Wildman–Crippen MR) is 142 cm³/mol. The summed E-state index contributed by atoms with van der Waals surface area (Å²) in [5, 5.41) is 0. The fourth-order valence-electron chi connectivity index (χ4n) is 5.52. The van der Waals surface area contributed by atoms with Crippen molar-refractivity contribution in [2.45, 2.75) is 51.1 Å². The standard InChI is InChI=1S/C31H35N3/c1-25(29-21-11-12-22-33(29)23-13-16-26-14-5-2-6-15-26)34-24-32-30(27-17-7-3-8-18-27)31(34)28-19-9-4-10-20-28/h2-10,14-15,17-20,24-25,29H,11-13,16,21-23H2,1H3. The SMILES string of the molecule is CC(C1CCCCN1CCCc1ccccc1)n1cnc(-c2ccccc2)c1-c1ccccc1. The Kier molecular flexibility index (Phi) is 7.21. The molecule has 0 saturated carbocycles. The van der Waals surface area contributed by atoms with Crippen molar-refractivity contribution in [3.63, 3.8) is 0 Å². The summed E-state index contributed by atoms with van der Waals surface area (Å²) in [6, 6.07) is 33.2. The van der Waals surface area contributed by atoms with Gasteiger partial charge in [-0.2, -0.15) is 0 Å². The summed E-state index contributed by atoms with van der Waals surface area (Å²) < 4.78 is 2.44. The van der Waals surface area contributed by atoms with Gasteiger partial charge in [0.25, 0.3) is 0 Å². The van der Waals surface area contributed by atoms with Gasteiger partial charge in [0.1, 0.15) is 0 Å². The smallest absolute Gasteiger partial charge is 0.0963 e. The molecular formula is C31H35N3. The van der Waals surface area contributed by atoms with Crippen molar-refractivity contribution in [3.8, 4) is 22.5 Å². The van der Waals surface area contributed by atoms with Crippen molar-refractivity contribution < 1.29 is 0 Å². The number of aryl methyl sites for hydroxylation is 1. The summed E-state index contributed by atoms with van der Waals surface area (Å²) >= 11 is 0. The minimum absolute atomic E-state index is 0.359. The molecule has 2 heterocycles. The molecular weight excluding hydrogens is 414 g/mol. The molecule has 0 radical (unpaired) electrons. The van der Waals surface area contributed by atoms with E-state index in [4.69, 9.17) is 4.98 Å². The maximum atomic E-state index is 4.95.